The molecule has 0 aliphatic carbocycles. The summed E-state index contributed by atoms with van der Waals surface area (Å²) in [4.78, 5) is 14.3. The number of ether oxygens (including phenoxy) is 1. The van der Waals surface area contributed by atoms with Crippen LogP contribution in [0, 0.1) is 0 Å². The number of carbonyl (C=O) groups is 1. The number of hydrogen-bond donors (Lipinski definition) is 2. The minimum atomic E-state index is -1.15. The molecule has 2 atom stereocenters. The maximum Gasteiger partial charge on any atom is 0.226 e. The highest BCUT2D eigenvalue weighted by molar-refractivity contribution is 6.42. The number of halogens is 2. The molecule has 1 aromatic rings. The highest BCUT2D eigenvalue weighted by Crippen LogP contribution is 2.39. The van der Waals surface area contributed by atoms with Crippen molar-refractivity contribution in [1.29, 1.82) is 0 Å². The van der Waals surface area contributed by atoms with Crippen molar-refractivity contribution >= 4 is 29.1 Å². The number of aliphatic hydroxyl groups excluding tert-OH is 1. The predicted octanol–water partition coefficient (Wildman–Crippen LogP) is 2.43. The smallest absolute Gasteiger partial charge is 0.226 e. The molecule has 2 aliphatic rings. The van der Waals surface area contributed by atoms with Crippen molar-refractivity contribution < 1.29 is 19.7 Å². The van der Waals surface area contributed by atoms with Crippen LogP contribution in [0.3, 0.4) is 0 Å². The highest BCUT2D eigenvalue weighted by Gasteiger charge is 2.52. The van der Waals surface area contributed by atoms with Crippen LogP contribution in [0.4, 0.5) is 0 Å². The maximum absolute atomic E-state index is 12.5. The summed E-state index contributed by atoms with van der Waals surface area (Å²) in [7, 11) is 0. The van der Waals surface area contributed by atoms with Crippen LogP contribution in [0.5, 0.6) is 0 Å². The predicted molar refractivity (Wildman–Crippen MR) is 95.9 cm³/mol. The van der Waals surface area contributed by atoms with Crippen LogP contribution >= 0.6 is 23.2 Å². The highest BCUT2D eigenvalue weighted by atomic mass is 35.5. The number of aliphatic hydroxyl groups is 2. The standard InChI is InChI=1S/C18H23Cl2NO4/c1-17(24)6-9-25-18(16(17)23)4-7-21(8-5-18)15(22)11-12-2-3-13(19)14(20)10-12/h2-3,10,16,23-24H,4-9,11H2,1H3/t16-,17+/m0/s1. The van der Waals surface area contributed by atoms with E-state index in [1.165, 1.54) is 0 Å². The first-order valence-electron chi connectivity index (χ1n) is 8.50. The number of rotatable bonds is 2. The molecule has 0 saturated carbocycles. The van der Waals surface area contributed by atoms with Gasteiger partial charge < -0.3 is 19.8 Å². The van der Waals surface area contributed by atoms with Crippen LogP contribution in [0.2, 0.25) is 10.0 Å². The van der Waals surface area contributed by atoms with E-state index in [1.54, 1.807) is 30.0 Å². The molecule has 2 heterocycles. The summed E-state index contributed by atoms with van der Waals surface area (Å²) in [6.07, 6.45) is 0.747. The quantitative estimate of drug-likeness (QED) is 0.817. The molecule has 2 N–H and O–H groups in total. The van der Waals surface area contributed by atoms with Gasteiger partial charge in [0.2, 0.25) is 5.91 Å². The molecule has 0 radical (unpaired) electrons. The zero-order chi connectivity index (χ0) is 18.2. The van der Waals surface area contributed by atoms with Crippen molar-refractivity contribution in [2.24, 2.45) is 0 Å². The van der Waals surface area contributed by atoms with E-state index in [2.05, 4.69) is 0 Å². The van der Waals surface area contributed by atoms with E-state index >= 15 is 0 Å². The molecular weight excluding hydrogens is 365 g/mol. The Bertz CT molecular complexity index is 656. The van der Waals surface area contributed by atoms with Crippen LogP contribution in [-0.2, 0) is 16.0 Å². The van der Waals surface area contributed by atoms with Gasteiger partial charge in [-0.05, 0) is 37.5 Å². The van der Waals surface area contributed by atoms with Gasteiger partial charge in [-0.15, -0.1) is 0 Å². The van der Waals surface area contributed by atoms with Gasteiger partial charge in [0.15, 0.2) is 0 Å². The summed E-state index contributed by atoms with van der Waals surface area (Å²) in [6.45, 7) is 3.05. The number of likely N-dealkylation sites (tertiary alicyclic amines) is 1. The number of amides is 1. The van der Waals surface area contributed by atoms with Crippen LogP contribution in [0.15, 0.2) is 18.2 Å². The Hall–Kier alpha value is -0.850. The van der Waals surface area contributed by atoms with Crippen molar-refractivity contribution in [1.82, 2.24) is 4.90 Å². The first-order chi connectivity index (χ1) is 11.7. The Labute approximate surface area is 157 Å². The molecule has 2 saturated heterocycles. The maximum atomic E-state index is 12.5. The number of piperidine rings is 1. The molecular formula is C18H23Cl2NO4. The molecule has 138 valence electrons. The lowest BCUT2D eigenvalue weighted by Crippen LogP contribution is -2.64. The van der Waals surface area contributed by atoms with E-state index in [-0.39, 0.29) is 12.3 Å². The second-order valence-corrected chi connectivity index (χ2v) is 8.04. The van der Waals surface area contributed by atoms with Crippen LogP contribution in [0.1, 0.15) is 31.7 Å². The van der Waals surface area contributed by atoms with Gasteiger partial charge in [-0.25, -0.2) is 0 Å². The molecule has 5 nitrogen and oxygen atoms in total. The first-order valence-corrected chi connectivity index (χ1v) is 9.25. The molecule has 1 spiro atoms. The van der Waals surface area contributed by atoms with Gasteiger partial charge in [0.25, 0.3) is 0 Å². The average Bonchev–Trinajstić information content (AvgIpc) is 2.57. The van der Waals surface area contributed by atoms with Crippen molar-refractivity contribution in [2.45, 2.75) is 49.9 Å². The lowest BCUT2D eigenvalue weighted by molar-refractivity contribution is -0.245. The second kappa shape index (κ2) is 7.05. The Balaban J connectivity index is 1.62. The van der Waals surface area contributed by atoms with E-state index < -0.39 is 17.3 Å². The second-order valence-electron chi connectivity index (χ2n) is 7.23. The van der Waals surface area contributed by atoms with Crippen molar-refractivity contribution in [3.05, 3.63) is 33.8 Å². The third-order valence-electron chi connectivity index (χ3n) is 5.39. The minimum Gasteiger partial charge on any atom is -0.387 e. The average molecular weight is 388 g/mol. The zero-order valence-corrected chi connectivity index (χ0v) is 15.7. The third kappa shape index (κ3) is 3.81. The lowest BCUT2D eigenvalue weighted by atomic mass is 9.75. The molecule has 0 aromatic heterocycles. The fraction of sp³-hybridized carbons (Fsp3) is 0.611. The summed E-state index contributed by atoms with van der Waals surface area (Å²) in [5, 5.41) is 21.8. The van der Waals surface area contributed by atoms with Gasteiger partial charge in [-0.1, -0.05) is 29.3 Å². The number of benzene rings is 1. The van der Waals surface area contributed by atoms with Gasteiger partial charge in [-0.2, -0.15) is 0 Å². The van der Waals surface area contributed by atoms with Crippen molar-refractivity contribution in [2.75, 3.05) is 19.7 Å². The van der Waals surface area contributed by atoms with Crippen LogP contribution in [0.25, 0.3) is 0 Å². The number of nitrogens with zero attached hydrogens (tertiary/aromatic N) is 1. The minimum absolute atomic E-state index is 0.00491. The molecule has 7 heteroatoms. The molecule has 25 heavy (non-hydrogen) atoms. The summed E-state index contributed by atoms with van der Waals surface area (Å²) < 4.78 is 5.85. The number of carbonyl (C=O) groups excluding carboxylic acids is 1. The summed E-state index contributed by atoms with van der Waals surface area (Å²) in [5.41, 5.74) is -1.09. The van der Waals surface area contributed by atoms with E-state index in [1.807, 2.05) is 0 Å². The SMILES string of the molecule is C[C@@]1(O)CCOC2(CCN(C(=O)Cc3ccc(Cl)c(Cl)c3)CC2)[C@H]1O. The molecule has 0 bridgehead atoms. The molecule has 0 unspecified atom stereocenters. The van der Waals surface area contributed by atoms with Gasteiger partial charge in [-0.3, -0.25) is 4.79 Å². The summed E-state index contributed by atoms with van der Waals surface area (Å²) in [5.74, 6) is 0.00491. The molecule has 1 aromatic carbocycles. The third-order valence-corrected chi connectivity index (χ3v) is 6.13. The van der Waals surface area contributed by atoms with Gasteiger partial charge in [0.05, 0.1) is 28.7 Å². The van der Waals surface area contributed by atoms with Crippen LogP contribution < -0.4 is 0 Å². The fourth-order valence-electron chi connectivity index (χ4n) is 3.73. The monoisotopic (exact) mass is 387 g/mol. The molecule has 3 rings (SSSR count). The van der Waals surface area contributed by atoms with Gasteiger partial charge in [0.1, 0.15) is 11.7 Å². The Morgan fingerprint density at radius 3 is 2.60 bits per heavy atom. The van der Waals surface area contributed by atoms with Crippen molar-refractivity contribution in [3.63, 3.8) is 0 Å². The van der Waals surface area contributed by atoms with Gasteiger partial charge in [0, 0.05) is 19.5 Å². The van der Waals surface area contributed by atoms with E-state index in [9.17, 15) is 15.0 Å². The summed E-state index contributed by atoms with van der Waals surface area (Å²) >= 11 is 11.9. The number of hydrogen-bond acceptors (Lipinski definition) is 4. The topological polar surface area (TPSA) is 70.0 Å². The first kappa shape index (κ1) is 18.9. The Morgan fingerprint density at radius 1 is 1.28 bits per heavy atom. The molecule has 1 amide bonds. The Morgan fingerprint density at radius 2 is 1.96 bits per heavy atom. The van der Waals surface area contributed by atoms with Gasteiger partial charge >= 0.3 is 0 Å². The van der Waals surface area contributed by atoms with E-state index in [0.29, 0.717) is 49.0 Å². The van der Waals surface area contributed by atoms with E-state index in [0.717, 1.165) is 5.56 Å². The molecule has 2 fully saturated rings. The normalized spacial score (nSPS) is 29.0. The largest absolute Gasteiger partial charge is 0.387 e. The zero-order valence-electron chi connectivity index (χ0n) is 14.2. The van der Waals surface area contributed by atoms with Crippen molar-refractivity contribution in [3.8, 4) is 0 Å². The molecule has 2 aliphatic heterocycles. The fourth-order valence-corrected chi connectivity index (χ4v) is 4.05. The van der Waals surface area contributed by atoms with Crippen LogP contribution in [-0.4, -0.2) is 58.0 Å². The lowest BCUT2D eigenvalue weighted by Gasteiger charge is -2.51. The Kier molecular flexibility index (Phi) is 5.33. The summed E-state index contributed by atoms with van der Waals surface area (Å²) in [6, 6.07) is 5.19. The van der Waals surface area contributed by atoms with E-state index in [4.69, 9.17) is 27.9 Å².